The van der Waals surface area contributed by atoms with E-state index in [-0.39, 0.29) is 0 Å². The molecule has 0 spiro atoms. The highest BCUT2D eigenvalue weighted by atomic mass is 15.1. The molecule has 3 nitrogen and oxygen atoms in total. The predicted octanol–water partition coefficient (Wildman–Crippen LogP) is 1.58. The van der Waals surface area contributed by atoms with E-state index in [1.165, 1.54) is 27.6 Å². The Kier molecular flexibility index (Phi) is 2.06. The minimum atomic E-state index is 0.617. The van der Waals surface area contributed by atoms with E-state index in [0.29, 0.717) is 6.54 Å². The quantitative estimate of drug-likeness (QED) is 0.783. The molecule has 2 N–H and O–H groups in total. The molecule has 84 valence electrons. The Hall–Kier alpha value is -1.32. The van der Waals surface area contributed by atoms with Gasteiger partial charge in [-0.25, -0.2) is 0 Å². The number of nitrogens with two attached hydrogens (primary N) is 1. The van der Waals surface area contributed by atoms with E-state index in [1.54, 1.807) is 0 Å². The van der Waals surface area contributed by atoms with Gasteiger partial charge in [-0.2, -0.15) is 0 Å². The smallest absolute Gasteiger partial charge is 0.0484 e. The number of aromatic nitrogens is 1. The summed E-state index contributed by atoms with van der Waals surface area (Å²) in [6.45, 7) is 2.74. The van der Waals surface area contributed by atoms with Crippen molar-refractivity contribution in [2.24, 2.45) is 12.8 Å². The third kappa shape index (κ3) is 1.29. The molecule has 2 aromatic rings. The van der Waals surface area contributed by atoms with E-state index in [9.17, 15) is 0 Å². The highest BCUT2D eigenvalue weighted by Gasteiger charge is 2.18. The maximum absolute atomic E-state index is 5.78. The van der Waals surface area contributed by atoms with Crippen molar-refractivity contribution < 1.29 is 0 Å². The number of nitrogens with zero attached hydrogens (tertiary/aromatic N) is 2. The molecular weight excluding hydrogens is 198 g/mol. The molecule has 0 radical (unpaired) electrons. The first-order valence-corrected chi connectivity index (χ1v) is 5.67. The van der Waals surface area contributed by atoms with Crippen molar-refractivity contribution in [1.82, 2.24) is 9.47 Å². The average molecular weight is 215 g/mol. The van der Waals surface area contributed by atoms with Gasteiger partial charge in [0, 0.05) is 43.8 Å². The summed E-state index contributed by atoms with van der Waals surface area (Å²) in [6, 6.07) is 4.63. The van der Waals surface area contributed by atoms with Crippen molar-refractivity contribution in [3.8, 4) is 0 Å². The summed E-state index contributed by atoms with van der Waals surface area (Å²) in [5.74, 6) is 0. The van der Waals surface area contributed by atoms with Crippen LogP contribution in [0.25, 0.3) is 10.9 Å². The summed E-state index contributed by atoms with van der Waals surface area (Å²) in [5.41, 5.74) is 11.2. The molecule has 1 aliphatic heterocycles. The summed E-state index contributed by atoms with van der Waals surface area (Å²) in [7, 11) is 4.25. The second-order valence-electron chi connectivity index (χ2n) is 4.78. The number of rotatable bonds is 1. The second kappa shape index (κ2) is 3.34. The zero-order valence-corrected chi connectivity index (χ0v) is 9.83. The van der Waals surface area contributed by atoms with Crippen LogP contribution in [0.5, 0.6) is 0 Å². The van der Waals surface area contributed by atoms with Gasteiger partial charge in [0.2, 0.25) is 0 Å². The summed E-state index contributed by atoms with van der Waals surface area (Å²) in [4.78, 5) is 2.34. The monoisotopic (exact) mass is 215 g/mol. The van der Waals surface area contributed by atoms with Crippen molar-refractivity contribution >= 4 is 10.9 Å². The molecule has 0 fully saturated rings. The van der Waals surface area contributed by atoms with Gasteiger partial charge < -0.3 is 10.3 Å². The van der Waals surface area contributed by atoms with Crippen LogP contribution in [0.15, 0.2) is 18.3 Å². The Morgan fingerprint density at radius 1 is 1.19 bits per heavy atom. The first-order chi connectivity index (χ1) is 7.69. The highest BCUT2D eigenvalue weighted by molar-refractivity contribution is 5.85. The fourth-order valence-corrected chi connectivity index (χ4v) is 2.69. The molecule has 3 rings (SSSR count). The van der Waals surface area contributed by atoms with E-state index in [2.05, 4.69) is 41.9 Å². The lowest BCUT2D eigenvalue weighted by atomic mass is 10.1. The maximum atomic E-state index is 5.78. The molecule has 3 heteroatoms. The van der Waals surface area contributed by atoms with Crippen LogP contribution in [0.4, 0.5) is 0 Å². The molecule has 2 heterocycles. The molecule has 0 saturated heterocycles. The molecule has 0 atom stereocenters. The first kappa shape index (κ1) is 9.87. The van der Waals surface area contributed by atoms with Crippen molar-refractivity contribution in [3.05, 3.63) is 35.0 Å². The first-order valence-electron chi connectivity index (χ1n) is 5.67. The lowest BCUT2D eigenvalue weighted by Gasteiger charge is -2.02. The Balaban J connectivity index is 2.27. The SMILES string of the molecule is CN1Cc2cc3c(CN)cn(C)c3cc2C1. The summed E-state index contributed by atoms with van der Waals surface area (Å²) in [5, 5.41) is 1.32. The fraction of sp³-hybridized carbons (Fsp3) is 0.385. The average Bonchev–Trinajstić information content (AvgIpc) is 2.75. The standard InChI is InChI=1S/C13H17N3/c1-15-6-9-3-12-11(5-14)8-16(2)13(12)4-10(9)7-15/h3-4,8H,5-7,14H2,1-2H3. The number of hydrogen-bond acceptors (Lipinski definition) is 2. The summed E-state index contributed by atoms with van der Waals surface area (Å²) >= 11 is 0. The van der Waals surface area contributed by atoms with Crippen LogP contribution in [0.2, 0.25) is 0 Å². The van der Waals surface area contributed by atoms with E-state index in [1.807, 2.05) is 0 Å². The molecule has 16 heavy (non-hydrogen) atoms. The molecule has 0 unspecified atom stereocenters. The predicted molar refractivity (Wildman–Crippen MR) is 66.0 cm³/mol. The van der Waals surface area contributed by atoms with Gasteiger partial charge in [-0.1, -0.05) is 0 Å². The van der Waals surface area contributed by atoms with Crippen LogP contribution in [0.1, 0.15) is 16.7 Å². The van der Waals surface area contributed by atoms with Gasteiger partial charge in [-0.15, -0.1) is 0 Å². The molecule has 0 saturated carbocycles. The molecular formula is C13H17N3. The molecule has 0 aliphatic carbocycles. The van der Waals surface area contributed by atoms with Crippen molar-refractivity contribution in [1.29, 1.82) is 0 Å². The number of aryl methyl sites for hydroxylation is 1. The van der Waals surface area contributed by atoms with E-state index in [4.69, 9.17) is 5.73 Å². The normalized spacial score (nSPS) is 15.9. The molecule has 1 aliphatic rings. The Morgan fingerprint density at radius 3 is 2.56 bits per heavy atom. The lowest BCUT2D eigenvalue weighted by Crippen LogP contribution is -2.07. The maximum Gasteiger partial charge on any atom is 0.0484 e. The van der Waals surface area contributed by atoms with Crippen LogP contribution in [-0.4, -0.2) is 16.5 Å². The zero-order valence-electron chi connectivity index (χ0n) is 9.83. The minimum Gasteiger partial charge on any atom is -0.350 e. The molecule has 1 aromatic carbocycles. The lowest BCUT2D eigenvalue weighted by molar-refractivity contribution is 0.353. The molecule has 0 amide bonds. The second-order valence-corrected chi connectivity index (χ2v) is 4.78. The van der Waals surface area contributed by atoms with Crippen LogP contribution < -0.4 is 5.73 Å². The third-order valence-corrected chi connectivity index (χ3v) is 3.49. The van der Waals surface area contributed by atoms with Gasteiger partial charge in [0.1, 0.15) is 0 Å². The fourth-order valence-electron chi connectivity index (χ4n) is 2.69. The topological polar surface area (TPSA) is 34.2 Å². The van der Waals surface area contributed by atoms with Crippen molar-refractivity contribution in [2.75, 3.05) is 7.05 Å². The molecule has 0 bridgehead atoms. The van der Waals surface area contributed by atoms with Crippen LogP contribution in [0.3, 0.4) is 0 Å². The van der Waals surface area contributed by atoms with Gasteiger partial charge in [-0.3, -0.25) is 4.90 Å². The van der Waals surface area contributed by atoms with Gasteiger partial charge in [0.25, 0.3) is 0 Å². The minimum absolute atomic E-state index is 0.617. The zero-order chi connectivity index (χ0) is 11.3. The Morgan fingerprint density at radius 2 is 1.88 bits per heavy atom. The largest absolute Gasteiger partial charge is 0.350 e. The van der Waals surface area contributed by atoms with Crippen molar-refractivity contribution in [3.63, 3.8) is 0 Å². The number of hydrogen-bond donors (Lipinski definition) is 1. The summed E-state index contributed by atoms with van der Waals surface area (Å²) < 4.78 is 2.18. The highest BCUT2D eigenvalue weighted by Crippen LogP contribution is 2.29. The van der Waals surface area contributed by atoms with E-state index < -0.39 is 0 Å². The molecule has 1 aromatic heterocycles. The van der Waals surface area contributed by atoms with Crippen LogP contribution in [0, 0.1) is 0 Å². The van der Waals surface area contributed by atoms with Gasteiger partial charge >= 0.3 is 0 Å². The number of fused-ring (bicyclic) bond motifs is 2. The summed E-state index contributed by atoms with van der Waals surface area (Å²) in [6.07, 6.45) is 2.14. The van der Waals surface area contributed by atoms with E-state index in [0.717, 1.165) is 13.1 Å². The van der Waals surface area contributed by atoms with Gasteiger partial charge in [-0.05, 0) is 35.9 Å². The van der Waals surface area contributed by atoms with Crippen molar-refractivity contribution in [2.45, 2.75) is 19.6 Å². The number of benzene rings is 1. The van der Waals surface area contributed by atoms with Crippen LogP contribution >= 0.6 is 0 Å². The third-order valence-electron chi connectivity index (χ3n) is 3.49. The Bertz CT molecular complexity index is 554. The van der Waals surface area contributed by atoms with Crippen LogP contribution in [-0.2, 0) is 26.7 Å². The van der Waals surface area contributed by atoms with Gasteiger partial charge in [0.15, 0.2) is 0 Å². The Labute approximate surface area is 95.5 Å². The van der Waals surface area contributed by atoms with Gasteiger partial charge in [0.05, 0.1) is 0 Å². The van der Waals surface area contributed by atoms with E-state index >= 15 is 0 Å².